The van der Waals surface area contributed by atoms with Gasteiger partial charge in [0.15, 0.2) is 0 Å². The van der Waals surface area contributed by atoms with Gasteiger partial charge in [-0.15, -0.1) is 11.8 Å². The van der Waals surface area contributed by atoms with Crippen molar-refractivity contribution in [2.45, 2.75) is 42.8 Å². The number of nitrogen functional groups attached to an aromatic ring is 1. The summed E-state index contributed by atoms with van der Waals surface area (Å²) in [6.45, 7) is 2.36. The van der Waals surface area contributed by atoms with Crippen LogP contribution >= 0.6 is 11.8 Å². The van der Waals surface area contributed by atoms with Gasteiger partial charge < -0.3 is 5.73 Å². The molecule has 1 aliphatic rings. The van der Waals surface area contributed by atoms with Crippen molar-refractivity contribution in [3.63, 3.8) is 0 Å². The minimum atomic E-state index is 0.783. The maximum Gasteiger partial charge on any atom is 0.0452 e. The second-order valence-corrected chi connectivity index (χ2v) is 5.88. The molecule has 15 heavy (non-hydrogen) atoms. The lowest BCUT2D eigenvalue weighted by molar-refractivity contribution is 0.393. The molecule has 2 N–H and O–H groups in total. The van der Waals surface area contributed by atoms with E-state index >= 15 is 0 Å². The van der Waals surface area contributed by atoms with Crippen molar-refractivity contribution in [2.24, 2.45) is 5.92 Å². The fourth-order valence-electron chi connectivity index (χ4n) is 2.11. The maximum atomic E-state index is 5.94. The Labute approximate surface area is 96.4 Å². The van der Waals surface area contributed by atoms with E-state index in [4.69, 9.17) is 5.73 Å². The molecule has 1 aromatic rings. The predicted molar refractivity (Wildman–Crippen MR) is 68.1 cm³/mol. The molecule has 0 spiro atoms. The molecule has 0 radical (unpaired) electrons. The van der Waals surface area contributed by atoms with E-state index in [1.807, 2.05) is 23.9 Å². The highest BCUT2D eigenvalue weighted by Gasteiger charge is 2.19. The molecule has 1 fully saturated rings. The fourth-order valence-corrected chi connectivity index (χ4v) is 3.34. The van der Waals surface area contributed by atoms with Gasteiger partial charge >= 0.3 is 0 Å². The smallest absolute Gasteiger partial charge is 0.0452 e. The Bertz CT molecular complexity index is 316. The van der Waals surface area contributed by atoms with Gasteiger partial charge in [-0.2, -0.15) is 0 Å². The Hall–Kier alpha value is -0.630. The first-order valence-electron chi connectivity index (χ1n) is 5.77. The summed E-state index contributed by atoms with van der Waals surface area (Å²) in [7, 11) is 0. The van der Waals surface area contributed by atoms with E-state index in [9.17, 15) is 0 Å². The summed E-state index contributed by atoms with van der Waals surface area (Å²) in [6.07, 6.45) is 5.45. The number of anilines is 1. The second-order valence-electron chi connectivity index (χ2n) is 4.54. The zero-order chi connectivity index (χ0) is 10.7. The summed E-state index contributed by atoms with van der Waals surface area (Å²) >= 11 is 1.97. The molecule has 0 heterocycles. The van der Waals surface area contributed by atoms with Crippen LogP contribution in [0.2, 0.25) is 0 Å². The lowest BCUT2D eigenvalue weighted by Gasteiger charge is -2.25. The van der Waals surface area contributed by atoms with Crippen LogP contribution in [0.5, 0.6) is 0 Å². The molecule has 0 saturated heterocycles. The summed E-state index contributed by atoms with van der Waals surface area (Å²) in [6, 6.07) is 8.21. The number of rotatable bonds is 2. The van der Waals surface area contributed by atoms with Crippen molar-refractivity contribution >= 4 is 17.4 Å². The van der Waals surface area contributed by atoms with Gasteiger partial charge in [-0.05, 0) is 43.7 Å². The molecule has 0 bridgehead atoms. The third-order valence-electron chi connectivity index (χ3n) is 3.18. The average molecular weight is 221 g/mol. The Balaban J connectivity index is 1.95. The number of para-hydroxylation sites is 1. The molecule has 0 amide bonds. The van der Waals surface area contributed by atoms with Gasteiger partial charge in [0.25, 0.3) is 0 Å². The van der Waals surface area contributed by atoms with Gasteiger partial charge in [-0.3, -0.25) is 0 Å². The molecule has 2 rings (SSSR count). The van der Waals surface area contributed by atoms with E-state index in [-0.39, 0.29) is 0 Å². The minimum absolute atomic E-state index is 0.783. The van der Waals surface area contributed by atoms with E-state index < -0.39 is 0 Å². The van der Waals surface area contributed by atoms with E-state index in [0.29, 0.717) is 0 Å². The number of benzene rings is 1. The summed E-state index contributed by atoms with van der Waals surface area (Å²) in [4.78, 5) is 1.26. The summed E-state index contributed by atoms with van der Waals surface area (Å²) in [5, 5.41) is 0.783. The molecule has 82 valence electrons. The fraction of sp³-hybridized carbons (Fsp3) is 0.538. The van der Waals surface area contributed by atoms with Crippen LogP contribution in [0.3, 0.4) is 0 Å². The van der Waals surface area contributed by atoms with Crippen LogP contribution in [0.4, 0.5) is 5.69 Å². The van der Waals surface area contributed by atoms with Crippen molar-refractivity contribution in [3.05, 3.63) is 24.3 Å². The van der Waals surface area contributed by atoms with Crippen LogP contribution in [0.1, 0.15) is 32.6 Å². The van der Waals surface area contributed by atoms with Crippen molar-refractivity contribution in [3.8, 4) is 0 Å². The Morgan fingerprint density at radius 3 is 2.47 bits per heavy atom. The van der Waals surface area contributed by atoms with Gasteiger partial charge in [0.2, 0.25) is 0 Å². The van der Waals surface area contributed by atoms with E-state index in [1.165, 1.54) is 30.6 Å². The molecule has 1 aliphatic carbocycles. The molecule has 1 aromatic carbocycles. The molecule has 1 saturated carbocycles. The Morgan fingerprint density at radius 2 is 1.80 bits per heavy atom. The molecule has 0 aliphatic heterocycles. The SMILES string of the molecule is CC1CCC(Sc2ccccc2N)CC1. The molecule has 0 aromatic heterocycles. The normalized spacial score (nSPS) is 26.5. The number of nitrogens with two attached hydrogens (primary N) is 1. The van der Waals surface area contributed by atoms with Crippen molar-refractivity contribution in [1.29, 1.82) is 0 Å². The molecular formula is C13H19NS. The highest BCUT2D eigenvalue weighted by Crippen LogP contribution is 2.37. The van der Waals surface area contributed by atoms with Crippen molar-refractivity contribution in [2.75, 3.05) is 5.73 Å². The number of hydrogen-bond acceptors (Lipinski definition) is 2. The largest absolute Gasteiger partial charge is 0.398 e. The topological polar surface area (TPSA) is 26.0 Å². The third kappa shape index (κ3) is 2.91. The predicted octanol–water partition coefficient (Wildman–Crippen LogP) is 3.94. The molecule has 0 unspecified atom stereocenters. The van der Waals surface area contributed by atoms with Gasteiger partial charge in [-0.1, -0.05) is 19.1 Å². The Kier molecular flexibility index (Phi) is 3.57. The van der Waals surface area contributed by atoms with Crippen molar-refractivity contribution in [1.82, 2.24) is 0 Å². The number of hydrogen-bond donors (Lipinski definition) is 1. The van der Waals surface area contributed by atoms with Crippen molar-refractivity contribution < 1.29 is 0 Å². The van der Waals surface area contributed by atoms with Crippen LogP contribution in [-0.4, -0.2) is 5.25 Å². The van der Waals surface area contributed by atoms with Crippen LogP contribution < -0.4 is 5.73 Å². The van der Waals surface area contributed by atoms with Crippen LogP contribution in [0, 0.1) is 5.92 Å². The van der Waals surface area contributed by atoms with E-state index in [0.717, 1.165) is 16.9 Å². The van der Waals surface area contributed by atoms with E-state index in [1.54, 1.807) is 0 Å². The first-order chi connectivity index (χ1) is 7.25. The number of thioether (sulfide) groups is 1. The summed E-state index contributed by atoms with van der Waals surface area (Å²) < 4.78 is 0. The third-order valence-corrected chi connectivity index (χ3v) is 4.61. The monoisotopic (exact) mass is 221 g/mol. The van der Waals surface area contributed by atoms with Crippen LogP contribution in [0.15, 0.2) is 29.2 Å². The standard InChI is InChI=1S/C13H19NS/c1-10-6-8-11(9-7-10)15-13-5-3-2-4-12(13)14/h2-5,10-11H,6-9,14H2,1H3. The zero-order valence-electron chi connectivity index (χ0n) is 9.28. The van der Waals surface area contributed by atoms with Crippen LogP contribution in [0.25, 0.3) is 0 Å². The lowest BCUT2D eigenvalue weighted by Crippen LogP contribution is -2.14. The van der Waals surface area contributed by atoms with Crippen LogP contribution in [-0.2, 0) is 0 Å². The highest BCUT2D eigenvalue weighted by atomic mass is 32.2. The average Bonchev–Trinajstić information content (AvgIpc) is 2.25. The van der Waals surface area contributed by atoms with Gasteiger partial charge in [0, 0.05) is 15.8 Å². The molecule has 1 nitrogen and oxygen atoms in total. The minimum Gasteiger partial charge on any atom is -0.398 e. The molecule has 2 heteroatoms. The Morgan fingerprint density at radius 1 is 1.13 bits per heavy atom. The van der Waals surface area contributed by atoms with E-state index in [2.05, 4.69) is 19.1 Å². The lowest BCUT2D eigenvalue weighted by atomic mass is 9.91. The molecule has 0 atom stereocenters. The van der Waals surface area contributed by atoms with Gasteiger partial charge in [-0.25, -0.2) is 0 Å². The molecular weight excluding hydrogens is 202 g/mol. The first kappa shape index (κ1) is 10.9. The first-order valence-corrected chi connectivity index (χ1v) is 6.65. The second kappa shape index (κ2) is 4.93. The summed E-state index contributed by atoms with van der Waals surface area (Å²) in [5.41, 5.74) is 6.88. The zero-order valence-corrected chi connectivity index (χ0v) is 10.1. The van der Waals surface area contributed by atoms with Gasteiger partial charge in [0.1, 0.15) is 0 Å². The highest BCUT2D eigenvalue weighted by molar-refractivity contribution is 8.00. The quantitative estimate of drug-likeness (QED) is 0.765. The maximum absolute atomic E-state index is 5.94. The van der Waals surface area contributed by atoms with Gasteiger partial charge in [0.05, 0.1) is 0 Å². The summed E-state index contributed by atoms with van der Waals surface area (Å²) in [5.74, 6) is 0.926.